The molecule has 2 aromatic heterocycles. The lowest BCUT2D eigenvalue weighted by molar-refractivity contribution is 0.0946. The van der Waals surface area contributed by atoms with E-state index in [0.717, 1.165) is 63.8 Å². The number of rotatable bonds is 5. The van der Waals surface area contributed by atoms with Crippen LogP contribution in [0.1, 0.15) is 60.5 Å². The van der Waals surface area contributed by atoms with Gasteiger partial charge in [0.15, 0.2) is 5.69 Å². The summed E-state index contributed by atoms with van der Waals surface area (Å²) in [4.78, 5) is 41.8. The second kappa shape index (κ2) is 8.60. The lowest BCUT2D eigenvalue weighted by Gasteiger charge is -2.40. The van der Waals surface area contributed by atoms with Crippen LogP contribution in [0.3, 0.4) is 0 Å². The number of hydrogen-bond donors (Lipinski definition) is 2. The number of H-pyrrole nitrogens is 1. The first-order chi connectivity index (χ1) is 18.4. The molecule has 8 rings (SSSR count). The van der Waals surface area contributed by atoms with E-state index in [4.69, 9.17) is 4.98 Å². The molecule has 0 radical (unpaired) electrons. The minimum Gasteiger partial charge on any atom is -0.369 e. The quantitative estimate of drug-likeness (QED) is 0.538. The molecule has 3 saturated heterocycles. The maximum Gasteiger partial charge on any atom is 0.270 e. The Morgan fingerprint density at radius 3 is 2.63 bits per heavy atom. The van der Waals surface area contributed by atoms with Gasteiger partial charge in [-0.2, -0.15) is 5.26 Å². The molecule has 1 amide bonds. The molecule has 5 fully saturated rings. The number of carbonyl (C=O) groups excluding carboxylic acids is 1. The fourth-order valence-corrected chi connectivity index (χ4v) is 6.58. The number of aromatic nitrogens is 3. The predicted octanol–water partition coefficient (Wildman–Crippen LogP) is 2.61. The lowest BCUT2D eigenvalue weighted by atomic mass is 9.69. The minimum absolute atomic E-state index is 0.154. The predicted molar refractivity (Wildman–Crippen MR) is 138 cm³/mol. The van der Waals surface area contributed by atoms with Crippen molar-refractivity contribution < 1.29 is 9.18 Å². The summed E-state index contributed by atoms with van der Waals surface area (Å²) in [6.07, 6.45) is 5.86. The second-order valence-corrected chi connectivity index (χ2v) is 11.2. The summed E-state index contributed by atoms with van der Waals surface area (Å²) in [5, 5.41) is 12.9. The van der Waals surface area contributed by atoms with Crippen LogP contribution >= 0.6 is 0 Å². The number of nitriles is 1. The van der Waals surface area contributed by atoms with Crippen molar-refractivity contribution in [3.05, 3.63) is 63.7 Å². The van der Waals surface area contributed by atoms with Crippen LogP contribution in [0.15, 0.2) is 35.1 Å². The Labute approximate surface area is 218 Å². The summed E-state index contributed by atoms with van der Waals surface area (Å²) in [6, 6.07) is 11.0. The van der Waals surface area contributed by atoms with E-state index >= 15 is 0 Å². The first-order valence-corrected chi connectivity index (χ1v) is 13.4. The number of benzene rings is 1. The molecule has 2 bridgehead atoms. The van der Waals surface area contributed by atoms with Gasteiger partial charge in [0.05, 0.1) is 16.6 Å². The molecular formula is C28H28FN7O2. The molecule has 0 spiro atoms. The summed E-state index contributed by atoms with van der Waals surface area (Å²) in [5.74, 6) is 0.0597. The highest BCUT2D eigenvalue weighted by Crippen LogP contribution is 2.53. The molecule has 2 saturated carbocycles. The number of hydrogen-bond acceptors (Lipinski definition) is 7. The largest absolute Gasteiger partial charge is 0.369 e. The van der Waals surface area contributed by atoms with E-state index in [9.17, 15) is 19.2 Å². The van der Waals surface area contributed by atoms with Crippen molar-refractivity contribution >= 4 is 22.5 Å². The van der Waals surface area contributed by atoms with Crippen molar-refractivity contribution in [2.45, 2.75) is 62.1 Å². The van der Waals surface area contributed by atoms with Gasteiger partial charge in [-0.25, -0.2) is 14.4 Å². The summed E-state index contributed by atoms with van der Waals surface area (Å²) >= 11 is 0. The highest BCUT2D eigenvalue weighted by Gasteiger charge is 2.59. The Morgan fingerprint density at radius 2 is 1.89 bits per heavy atom. The maximum atomic E-state index is 13.6. The zero-order valence-corrected chi connectivity index (χ0v) is 20.9. The molecule has 2 N–H and O–H groups in total. The van der Waals surface area contributed by atoms with Gasteiger partial charge in [-0.05, 0) is 68.9 Å². The molecule has 2 aliphatic carbocycles. The number of nitrogens with zero attached hydrogens (tertiary/aromatic N) is 5. The maximum absolute atomic E-state index is 13.6. The lowest BCUT2D eigenvalue weighted by Crippen LogP contribution is -2.46. The Kier molecular flexibility index (Phi) is 5.27. The zero-order chi connectivity index (χ0) is 26.0. The third kappa shape index (κ3) is 3.84. The third-order valence-electron chi connectivity index (χ3n) is 8.78. The Hall–Kier alpha value is -3.84. The van der Waals surface area contributed by atoms with E-state index in [1.54, 1.807) is 12.1 Å². The van der Waals surface area contributed by atoms with E-state index in [1.807, 2.05) is 6.07 Å². The SMILES string of the molecule is N#Cc1nc(C(=O)NC2CC2)ccc1N1CCC(N2CC3(c4nc5ccc(F)cc5c(=O)[nH]4)CC2C3)CC1. The summed E-state index contributed by atoms with van der Waals surface area (Å²) < 4.78 is 13.6. The Bertz CT molecular complexity index is 1550. The van der Waals surface area contributed by atoms with Crippen molar-refractivity contribution in [2.24, 2.45) is 0 Å². The molecule has 38 heavy (non-hydrogen) atoms. The van der Waals surface area contributed by atoms with Crippen LogP contribution in [0.2, 0.25) is 0 Å². The summed E-state index contributed by atoms with van der Waals surface area (Å²) in [5.41, 5.74) is 1.46. The van der Waals surface area contributed by atoms with Crippen molar-refractivity contribution in [1.82, 2.24) is 25.2 Å². The van der Waals surface area contributed by atoms with Gasteiger partial charge in [0, 0.05) is 43.2 Å². The molecule has 0 unspecified atom stereocenters. The fourth-order valence-electron chi connectivity index (χ4n) is 6.58. The van der Waals surface area contributed by atoms with Crippen LogP contribution in [0.5, 0.6) is 0 Å². The van der Waals surface area contributed by atoms with Crippen molar-refractivity contribution in [3.8, 4) is 6.07 Å². The van der Waals surface area contributed by atoms with Crippen LogP contribution in [-0.2, 0) is 5.41 Å². The summed E-state index contributed by atoms with van der Waals surface area (Å²) in [6.45, 7) is 2.47. The average molecular weight is 514 g/mol. The molecule has 1 aromatic carbocycles. The van der Waals surface area contributed by atoms with E-state index in [1.165, 1.54) is 12.1 Å². The molecule has 0 atom stereocenters. The molecular weight excluding hydrogens is 485 g/mol. The number of pyridine rings is 1. The van der Waals surface area contributed by atoms with Gasteiger partial charge >= 0.3 is 0 Å². The number of carbonyl (C=O) groups is 1. The van der Waals surface area contributed by atoms with Crippen LogP contribution in [-0.4, -0.2) is 63.5 Å². The van der Waals surface area contributed by atoms with E-state index in [0.29, 0.717) is 34.8 Å². The number of aromatic amines is 1. The summed E-state index contributed by atoms with van der Waals surface area (Å²) in [7, 11) is 0. The van der Waals surface area contributed by atoms with E-state index < -0.39 is 5.82 Å². The van der Waals surface area contributed by atoms with Gasteiger partial charge in [-0.15, -0.1) is 0 Å². The van der Waals surface area contributed by atoms with Crippen molar-refractivity contribution in [1.29, 1.82) is 5.26 Å². The normalized spacial score (nSPS) is 25.3. The third-order valence-corrected chi connectivity index (χ3v) is 8.78. The highest BCUT2D eigenvalue weighted by molar-refractivity contribution is 5.93. The molecule has 10 heteroatoms. The molecule has 5 heterocycles. The van der Waals surface area contributed by atoms with Gasteiger partial charge in [0.1, 0.15) is 23.4 Å². The second-order valence-electron chi connectivity index (χ2n) is 11.2. The van der Waals surface area contributed by atoms with Crippen LogP contribution < -0.4 is 15.8 Å². The highest BCUT2D eigenvalue weighted by atomic mass is 19.1. The van der Waals surface area contributed by atoms with E-state index in [2.05, 4.69) is 31.2 Å². The number of nitrogens with one attached hydrogen (secondary N) is 2. The van der Waals surface area contributed by atoms with E-state index in [-0.39, 0.29) is 28.3 Å². The van der Waals surface area contributed by atoms with Gasteiger partial charge in [-0.1, -0.05) is 0 Å². The number of halogens is 1. The standard InChI is InChI=1S/C28H28FN7O2/c29-16-1-4-21-20(11-16)25(37)34-27(33-21)28-12-19(13-28)36(15-28)18-7-9-35(10-8-18)24-6-5-22(32-23(24)14-30)26(38)31-17-2-3-17/h1,4-6,11,17-19H,2-3,7-10,12-13,15H2,(H,31,38)(H,33,34,37). The number of piperidine rings is 1. The minimum atomic E-state index is -0.439. The first-order valence-electron chi connectivity index (χ1n) is 13.4. The smallest absolute Gasteiger partial charge is 0.270 e. The molecule has 3 aromatic rings. The fraction of sp³-hybridized carbons (Fsp3) is 0.464. The Morgan fingerprint density at radius 1 is 1.11 bits per heavy atom. The Balaban J connectivity index is 1.03. The number of anilines is 1. The van der Waals surface area contributed by atoms with Crippen LogP contribution in [0.25, 0.3) is 10.9 Å². The molecule has 5 aliphatic rings. The molecule has 9 nitrogen and oxygen atoms in total. The monoisotopic (exact) mass is 513 g/mol. The molecule has 3 aliphatic heterocycles. The van der Waals surface area contributed by atoms with Crippen molar-refractivity contribution in [3.63, 3.8) is 0 Å². The molecule has 194 valence electrons. The number of fused-ring (bicyclic) bond motifs is 2. The first kappa shape index (κ1) is 23.3. The van der Waals surface area contributed by atoms with Crippen LogP contribution in [0.4, 0.5) is 10.1 Å². The van der Waals surface area contributed by atoms with Gasteiger partial charge in [-0.3, -0.25) is 14.5 Å². The van der Waals surface area contributed by atoms with Crippen LogP contribution in [0, 0.1) is 17.1 Å². The van der Waals surface area contributed by atoms with Gasteiger partial charge < -0.3 is 15.2 Å². The average Bonchev–Trinajstić information content (AvgIpc) is 3.53. The topological polar surface area (TPSA) is 118 Å². The van der Waals surface area contributed by atoms with Gasteiger partial charge in [0.25, 0.3) is 11.5 Å². The zero-order valence-electron chi connectivity index (χ0n) is 20.9. The number of amides is 1. The van der Waals surface area contributed by atoms with Gasteiger partial charge in [0.2, 0.25) is 0 Å². The van der Waals surface area contributed by atoms with Crippen molar-refractivity contribution in [2.75, 3.05) is 24.5 Å².